The minimum Gasteiger partial charge on any atom is -0.468 e. The Hall–Kier alpha value is -0.660. The number of nitrogens with zero attached hydrogens (tertiary/aromatic N) is 2. The largest absolute Gasteiger partial charge is 0.468 e. The van der Waals surface area contributed by atoms with E-state index in [9.17, 15) is 4.79 Å². The van der Waals surface area contributed by atoms with Crippen molar-refractivity contribution in [2.45, 2.75) is 54.3 Å². The lowest BCUT2D eigenvalue weighted by atomic mass is 9.97. The summed E-state index contributed by atoms with van der Waals surface area (Å²) in [6, 6.07) is 0.254. The fraction of sp³-hybridized carbons (Fsp3) is 0.750. The van der Waals surface area contributed by atoms with Gasteiger partial charge in [-0.15, -0.1) is 0 Å². The van der Waals surface area contributed by atoms with Gasteiger partial charge in [-0.2, -0.15) is 4.37 Å². The van der Waals surface area contributed by atoms with Crippen LogP contribution in [0.25, 0.3) is 0 Å². The second-order valence-electron chi connectivity index (χ2n) is 5.06. The summed E-state index contributed by atoms with van der Waals surface area (Å²) in [6.45, 7) is 4.10. The third-order valence-corrected chi connectivity index (χ3v) is 5.24. The second-order valence-corrected chi connectivity index (χ2v) is 7.39. The van der Waals surface area contributed by atoms with Crippen LogP contribution in [0, 0.1) is 0 Å². The maximum atomic E-state index is 12.1. The molecule has 2 unspecified atom stereocenters. The molecule has 5 nitrogen and oxygen atoms in total. The molecule has 1 aliphatic rings. The number of carbonyl (C=O) groups is 1. The molecule has 1 fully saturated rings. The highest BCUT2D eigenvalue weighted by Crippen LogP contribution is 2.41. The van der Waals surface area contributed by atoms with Crippen molar-refractivity contribution in [3.8, 4) is 0 Å². The first-order chi connectivity index (χ1) is 9.05. The van der Waals surface area contributed by atoms with Crippen molar-refractivity contribution in [2.75, 3.05) is 7.11 Å². The number of rotatable bonds is 5. The Morgan fingerprint density at radius 2 is 2.47 bits per heavy atom. The molecule has 0 bridgehead atoms. The highest BCUT2D eigenvalue weighted by atomic mass is 32.2. The molecule has 1 saturated carbocycles. The molecule has 0 spiro atoms. The van der Waals surface area contributed by atoms with Gasteiger partial charge in [0.1, 0.15) is 11.9 Å². The molecular formula is C12H19N3O2S2. The number of ether oxygens (including phenoxy) is 1. The SMILES string of the molecule is COC(=O)C1(NC(C)C)CCC(Sc2ncns2)C1. The summed E-state index contributed by atoms with van der Waals surface area (Å²) in [5.74, 6) is -0.151. The fourth-order valence-electron chi connectivity index (χ4n) is 2.58. The van der Waals surface area contributed by atoms with Crippen LogP contribution in [0.15, 0.2) is 10.7 Å². The van der Waals surface area contributed by atoms with Gasteiger partial charge < -0.3 is 4.74 Å². The van der Waals surface area contributed by atoms with Crippen LogP contribution in [0.2, 0.25) is 0 Å². The predicted molar refractivity (Wildman–Crippen MR) is 76.4 cm³/mol. The van der Waals surface area contributed by atoms with E-state index in [1.807, 2.05) is 0 Å². The standard InChI is InChI=1S/C12H19N3O2S2/c1-8(2)15-12(10(16)17-3)5-4-9(6-12)18-11-13-7-14-19-11/h7-9,15H,4-6H2,1-3H3. The van der Waals surface area contributed by atoms with Crippen LogP contribution in [-0.2, 0) is 9.53 Å². The Kier molecular flexibility index (Phi) is 4.81. The van der Waals surface area contributed by atoms with Crippen LogP contribution in [0.1, 0.15) is 33.1 Å². The van der Waals surface area contributed by atoms with Crippen LogP contribution in [-0.4, -0.2) is 39.3 Å². The molecule has 2 atom stereocenters. The zero-order valence-electron chi connectivity index (χ0n) is 11.4. The predicted octanol–water partition coefficient (Wildman–Crippen LogP) is 2.09. The second kappa shape index (κ2) is 6.19. The number of thioether (sulfide) groups is 1. The number of hydrogen-bond acceptors (Lipinski definition) is 7. The summed E-state index contributed by atoms with van der Waals surface area (Å²) in [5, 5.41) is 3.78. The Bertz CT molecular complexity index is 425. The average Bonchev–Trinajstić information content (AvgIpc) is 2.99. The van der Waals surface area contributed by atoms with Crippen molar-refractivity contribution < 1.29 is 9.53 Å². The summed E-state index contributed by atoms with van der Waals surface area (Å²) in [5.41, 5.74) is -0.536. The highest BCUT2D eigenvalue weighted by molar-refractivity contribution is 8.01. The van der Waals surface area contributed by atoms with E-state index in [-0.39, 0.29) is 12.0 Å². The molecule has 2 rings (SSSR count). The van der Waals surface area contributed by atoms with Gasteiger partial charge in [-0.1, -0.05) is 11.8 Å². The summed E-state index contributed by atoms with van der Waals surface area (Å²) >= 11 is 3.12. The zero-order chi connectivity index (χ0) is 13.9. The van der Waals surface area contributed by atoms with Gasteiger partial charge in [-0.05, 0) is 44.6 Å². The maximum Gasteiger partial charge on any atom is 0.326 e. The number of methoxy groups -OCH3 is 1. The normalized spacial score (nSPS) is 26.8. The molecule has 1 heterocycles. The highest BCUT2D eigenvalue weighted by Gasteiger charge is 2.46. The Balaban J connectivity index is 2.04. The summed E-state index contributed by atoms with van der Waals surface area (Å²) < 4.78 is 9.96. The van der Waals surface area contributed by atoms with Gasteiger partial charge >= 0.3 is 5.97 Å². The first-order valence-electron chi connectivity index (χ1n) is 6.35. The molecule has 1 aromatic rings. The van der Waals surface area contributed by atoms with Gasteiger partial charge in [-0.25, -0.2) is 4.98 Å². The molecule has 0 amide bonds. The fourth-order valence-corrected chi connectivity index (χ4v) is 4.57. The van der Waals surface area contributed by atoms with Crippen molar-refractivity contribution in [2.24, 2.45) is 0 Å². The van der Waals surface area contributed by atoms with Gasteiger partial charge in [0.25, 0.3) is 0 Å². The number of carbonyl (C=O) groups excluding carboxylic acids is 1. The van der Waals surface area contributed by atoms with Crippen LogP contribution < -0.4 is 5.32 Å². The van der Waals surface area contributed by atoms with E-state index in [2.05, 4.69) is 28.5 Å². The molecule has 106 valence electrons. The third-order valence-electron chi connectivity index (χ3n) is 3.22. The lowest BCUT2D eigenvalue weighted by molar-refractivity contribution is -0.148. The van der Waals surface area contributed by atoms with Crippen LogP contribution >= 0.6 is 23.3 Å². The van der Waals surface area contributed by atoms with Crippen molar-refractivity contribution in [3.05, 3.63) is 6.33 Å². The number of hydrogen-bond donors (Lipinski definition) is 1. The molecule has 0 aliphatic heterocycles. The Morgan fingerprint density at radius 1 is 1.68 bits per heavy atom. The average molecular weight is 301 g/mol. The first-order valence-corrected chi connectivity index (χ1v) is 8.00. The van der Waals surface area contributed by atoms with Gasteiger partial charge in [-0.3, -0.25) is 10.1 Å². The van der Waals surface area contributed by atoms with Crippen molar-refractivity contribution in [1.82, 2.24) is 14.7 Å². The maximum absolute atomic E-state index is 12.1. The van der Waals surface area contributed by atoms with E-state index in [1.54, 1.807) is 18.1 Å². The summed E-state index contributed by atoms with van der Waals surface area (Å²) in [7, 11) is 1.46. The number of nitrogens with one attached hydrogen (secondary N) is 1. The van der Waals surface area contributed by atoms with E-state index >= 15 is 0 Å². The van der Waals surface area contributed by atoms with Gasteiger partial charge in [0.2, 0.25) is 0 Å². The molecule has 1 N–H and O–H groups in total. The van der Waals surface area contributed by atoms with Crippen molar-refractivity contribution in [3.63, 3.8) is 0 Å². The third kappa shape index (κ3) is 3.46. The smallest absolute Gasteiger partial charge is 0.326 e. The molecule has 0 saturated heterocycles. The summed E-state index contributed by atoms with van der Waals surface area (Å²) in [4.78, 5) is 16.3. The zero-order valence-corrected chi connectivity index (χ0v) is 13.0. The van der Waals surface area contributed by atoms with Gasteiger partial charge in [0.15, 0.2) is 4.34 Å². The van der Waals surface area contributed by atoms with Crippen molar-refractivity contribution in [1.29, 1.82) is 0 Å². The number of esters is 1. The van der Waals surface area contributed by atoms with Crippen LogP contribution in [0.5, 0.6) is 0 Å². The lowest BCUT2D eigenvalue weighted by Crippen LogP contribution is -2.53. The molecule has 1 aromatic heterocycles. The molecule has 0 radical (unpaired) electrons. The van der Waals surface area contributed by atoms with E-state index in [0.29, 0.717) is 5.25 Å². The number of aromatic nitrogens is 2. The Labute approximate surface area is 121 Å². The van der Waals surface area contributed by atoms with E-state index < -0.39 is 5.54 Å². The Morgan fingerprint density at radius 3 is 3.05 bits per heavy atom. The molecule has 1 aliphatic carbocycles. The minimum atomic E-state index is -0.536. The topological polar surface area (TPSA) is 64.1 Å². The van der Waals surface area contributed by atoms with Crippen LogP contribution in [0.4, 0.5) is 0 Å². The molecular weight excluding hydrogens is 282 g/mol. The van der Waals surface area contributed by atoms with Crippen LogP contribution in [0.3, 0.4) is 0 Å². The monoisotopic (exact) mass is 301 g/mol. The van der Waals surface area contributed by atoms with Crippen molar-refractivity contribution >= 4 is 29.3 Å². The summed E-state index contributed by atoms with van der Waals surface area (Å²) in [6.07, 6.45) is 4.15. The molecule has 7 heteroatoms. The van der Waals surface area contributed by atoms with E-state index in [1.165, 1.54) is 18.6 Å². The van der Waals surface area contributed by atoms with E-state index in [4.69, 9.17) is 4.74 Å². The van der Waals surface area contributed by atoms with Gasteiger partial charge in [0.05, 0.1) is 7.11 Å². The van der Waals surface area contributed by atoms with Gasteiger partial charge in [0, 0.05) is 11.3 Å². The molecule has 0 aromatic carbocycles. The van der Waals surface area contributed by atoms with E-state index in [0.717, 1.165) is 23.6 Å². The lowest BCUT2D eigenvalue weighted by Gasteiger charge is -2.29. The minimum absolute atomic E-state index is 0.151. The first kappa shape index (κ1) is 14.7. The molecule has 19 heavy (non-hydrogen) atoms. The quantitative estimate of drug-likeness (QED) is 0.840.